The number of carbonyl (C=O) groups is 1. The Balaban J connectivity index is 0.00000245. The fourth-order valence-corrected chi connectivity index (χ4v) is 6.44. The molecule has 2 aromatic rings. The molecule has 31 heavy (non-hydrogen) atoms. The molecular weight excluding hydrogens is 436 g/mol. The van der Waals surface area contributed by atoms with E-state index in [1.807, 2.05) is 11.0 Å². The maximum absolute atomic E-state index is 13.1. The van der Waals surface area contributed by atoms with Gasteiger partial charge in [0.05, 0.1) is 10.4 Å². The fraction of sp³-hybridized carbons (Fsp3) is 0.500. The van der Waals surface area contributed by atoms with E-state index in [-0.39, 0.29) is 23.8 Å². The molecule has 0 atom stereocenters. The highest BCUT2D eigenvalue weighted by molar-refractivity contribution is 7.89. The third kappa shape index (κ3) is 3.69. The number of likely N-dealkylation sites (tertiary alicyclic amines) is 1. The van der Waals surface area contributed by atoms with Crippen LogP contribution in [-0.4, -0.2) is 61.4 Å². The predicted molar refractivity (Wildman–Crippen MR) is 121 cm³/mol. The van der Waals surface area contributed by atoms with Gasteiger partial charge in [0.1, 0.15) is 5.15 Å². The summed E-state index contributed by atoms with van der Waals surface area (Å²) >= 11 is 6.38. The van der Waals surface area contributed by atoms with Gasteiger partial charge in [-0.25, -0.2) is 13.1 Å². The molecule has 0 unspecified atom stereocenters. The molecule has 9 heteroatoms. The molecule has 3 aliphatic rings. The second-order valence-corrected chi connectivity index (χ2v) is 11.0. The molecule has 1 aromatic heterocycles. The maximum atomic E-state index is 13.1. The van der Waals surface area contributed by atoms with Crippen LogP contribution in [0.4, 0.5) is 0 Å². The Kier molecular flexibility index (Phi) is 5.16. The van der Waals surface area contributed by atoms with Crippen LogP contribution in [0.2, 0.25) is 5.15 Å². The zero-order chi connectivity index (χ0) is 21.8. The first-order valence-electron chi connectivity index (χ1n) is 10.8. The predicted octanol–water partition coefficient (Wildman–Crippen LogP) is 2.91. The van der Waals surface area contributed by atoms with Gasteiger partial charge in [-0.15, -0.1) is 0 Å². The van der Waals surface area contributed by atoms with Crippen molar-refractivity contribution in [3.63, 3.8) is 0 Å². The zero-order valence-electron chi connectivity index (χ0n) is 17.6. The van der Waals surface area contributed by atoms with Gasteiger partial charge in [0.15, 0.2) is 0 Å². The number of sulfonamides is 1. The molecule has 2 fully saturated rings. The number of benzene rings is 1. The second kappa shape index (κ2) is 7.62. The molecule has 5 rings (SSSR count). The summed E-state index contributed by atoms with van der Waals surface area (Å²) < 4.78 is 29.6. The first-order valence-corrected chi connectivity index (χ1v) is 12.6. The van der Waals surface area contributed by atoms with Crippen LogP contribution in [-0.2, 0) is 22.1 Å². The lowest BCUT2D eigenvalue weighted by molar-refractivity contribution is 0.0131. The third-order valence-corrected chi connectivity index (χ3v) is 8.85. The van der Waals surface area contributed by atoms with E-state index in [1.54, 1.807) is 12.1 Å². The molecule has 3 heterocycles. The van der Waals surface area contributed by atoms with Gasteiger partial charge >= 0.3 is 0 Å². The summed E-state index contributed by atoms with van der Waals surface area (Å²) in [6, 6.07) is 10.4. The number of fused-ring (bicyclic) bond motifs is 2. The van der Waals surface area contributed by atoms with Crippen molar-refractivity contribution in [2.45, 2.75) is 48.7 Å². The minimum absolute atomic E-state index is 0. The number of piperidine rings is 1. The molecule has 0 radical (unpaired) electrons. The van der Waals surface area contributed by atoms with Crippen molar-refractivity contribution in [1.29, 1.82) is 0 Å². The van der Waals surface area contributed by atoms with Crippen LogP contribution in [0, 0.1) is 0 Å². The lowest BCUT2D eigenvalue weighted by atomic mass is 9.81. The Morgan fingerprint density at radius 3 is 2.39 bits per heavy atom. The van der Waals surface area contributed by atoms with Gasteiger partial charge < -0.3 is 9.47 Å². The number of carbonyl (C=O) groups excluding carboxylic acids is 1. The molecule has 1 amide bonds. The molecule has 7 nitrogen and oxygen atoms in total. The standard InChI is InChI=1S/C22H27ClN4O3S.H2/c1-25-14-15-27-19(8-9-20(27)23)22(25)10-12-26(13-11-22)21(28)16-2-6-18(7-3-16)31(29,30)24-17-4-5-17;/h2-3,6-9,17,24H,4-5,10-15H2,1H3;1H. The molecule has 2 aliphatic heterocycles. The van der Waals surface area contributed by atoms with Crippen molar-refractivity contribution in [2.24, 2.45) is 0 Å². The Hall–Kier alpha value is -1.87. The average molecular weight is 465 g/mol. The van der Waals surface area contributed by atoms with Gasteiger partial charge in [-0.05, 0) is 69.1 Å². The zero-order valence-corrected chi connectivity index (χ0v) is 19.1. The second-order valence-electron chi connectivity index (χ2n) is 8.86. The SMILES string of the molecule is CN1CCn2c(Cl)ccc2C12CCN(C(=O)c1ccc(S(=O)(=O)NC3CC3)cc1)CC2.[HH]. The van der Waals surface area contributed by atoms with E-state index in [4.69, 9.17) is 11.6 Å². The van der Waals surface area contributed by atoms with Crippen LogP contribution in [0.25, 0.3) is 0 Å². The average Bonchev–Trinajstić information content (AvgIpc) is 3.49. The Bertz CT molecular complexity index is 1110. The summed E-state index contributed by atoms with van der Waals surface area (Å²) in [7, 11) is -1.36. The number of amides is 1. The number of nitrogens with zero attached hydrogens (tertiary/aromatic N) is 3. The highest BCUT2D eigenvalue weighted by Crippen LogP contribution is 2.42. The summed E-state index contributed by atoms with van der Waals surface area (Å²) in [6.45, 7) is 3.11. The minimum Gasteiger partial charge on any atom is -0.338 e. The lowest BCUT2D eigenvalue weighted by Gasteiger charge is -2.50. The van der Waals surface area contributed by atoms with E-state index >= 15 is 0 Å². The number of hydrogen-bond acceptors (Lipinski definition) is 4. The van der Waals surface area contributed by atoms with Crippen molar-refractivity contribution in [2.75, 3.05) is 26.7 Å². The van der Waals surface area contributed by atoms with Crippen molar-refractivity contribution in [1.82, 2.24) is 19.1 Å². The molecule has 1 saturated heterocycles. The molecular formula is C22H29ClN4O3S. The van der Waals surface area contributed by atoms with Gasteiger partial charge in [-0.3, -0.25) is 9.69 Å². The van der Waals surface area contributed by atoms with Crippen molar-refractivity contribution < 1.29 is 14.6 Å². The quantitative estimate of drug-likeness (QED) is 0.755. The van der Waals surface area contributed by atoms with Crippen LogP contribution in [0.15, 0.2) is 41.3 Å². The summed E-state index contributed by atoms with van der Waals surface area (Å²) in [4.78, 5) is 17.5. The third-order valence-electron chi connectivity index (χ3n) is 6.98. The molecule has 168 valence electrons. The summed E-state index contributed by atoms with van der Waals surface area (Å²) in [5, 5.41) is 0.771. The van der Waals surface area contributed by atoms with E-state index in [1.165, 1.54) is 17.8 Å². The van der Waals surface area contributed by atoms with Gasteiger partial charge in [-0.2, -0.15) is 0 Å². The van der Waals surface area contributed by atoms with Crippen LogP contribution in [0.5, 0.6) is 0 Å². The van der Waals surface area contributed by atoms with Gasteiger partial charge in [0, 0.05) is 44.9 Å². The minimum atomic E-state index is -3.51. The molecule has 1 saturated carbocycles. The number of likely N-dealkylation sites (N-methyl/N-ethyl adjacent to an activating group) is 1. The fourth-order valence-electron chi connectivity index (χ4n) is 4.90. The summed E-state index contributed by atoms with van der Waals surface area (Å²) in [5.74, 6) is -0.0548. The monoisotopic (exact) mass is 464 g/mol. The normalized spacial score (nSPS) is 21.3. The van der Waals surface area contributed by atoms with E-state index in [0.717, 1.165) is 43.9 Å². The van der Waals surface area contributed by atoms with Crippen molar-refractivity contribution in [3.8, 4) is 0 Å². The number of aromatic nitrogens is 1. The number of hydrogen-bond donors (Lipinski definition) is 1. The largest absolute Gasteiger partial charge is 0.338 e. The number of halogens is 1. The molecule has 1 aliphatic carbocycles. The number of nitrogens with one attached hydrogen (secondary N) is 1. The molecule has 0 bridgehead atoms. The number of rotatable bonds is 4. The summed E-state index contributed by atoms with van der Waals surface area (Å²) in [6.07, 6.45) is 3.46. The van der Waals surface area contributed by atoms with Crippen molar-refractivity contribution in [3.05, 3.63) is 52.8 Å². The van der Waals surface area contributed by atoms with Crippen LogP contribution < -0.4 is 4.72 Å². The first kappa shape index (κ1) is 21.0. The van der Waals surface area contributed by atoms with Crippen LogP contribution >= 0.6 is 11.6 Å². The van der Waals surface area contributed by atoms with Crippen LogP contribution in [0.3, 0.4) is 0 Å². The van der Waals surface area contributed by atoms with Gasteiger partial charge in [0.25, 0.3) is 5.91 Å². The van der Waals surface area contributed by atoms with Crippen molar-refractivity contribution >= 4 is 27.5 Å². The van der Waals surface area contributed by atoms with E-state index in [2.05, 4.69) is 27.3 Å². The van der Waals surface area contributed by atoms with E-state index in [0.29, 0.717) is 18.7 Å². The van der Waals surface area contributed by atoms with Gasteiger partial charge in [0.2, 0.25) is 10.0 Å². The van der Waals surface area contributed by atoms with E-state index < -0.39 is 10.0 Å². The smallest absolute Gasteiger partial charge is 0.253 e. The Labute approximate surface area is 189 Å². The highest BCUT2D eigenvalue weighted by atomic mass is 35.5. The van der Waals surface area contributed by atoms with E-state index in [9.17, 15) is 13.2 Å². The lowest BCUT2D eigenvalue weighted by Crippen LogP contribution is -2.56. The maximum Gasteiger partial charge on any atom is 0.253 e. The highest BCUT2D eigenvalue weighted by Gasteiger charge is 2.44. The van der Waals surface area contributed by atoms with Crippen LogP contribution in [0.1, 0.15) is 43.2 Å². The Morgan fingerprint density at radius 1 is 1.06 bits per heavy atom. The topological polar surface area (TPSA) is 74.6 Å². The first-order chi connectivity index (χ1) is 14.8. The molecule has 1 N–H and O–H groups in total. The molecule has 1 spiro atoms. The summed E-state index contributed by atoms with van der Waals surface area (Å²) in [5.41, 5.74) is 1.65. The molecule has 1 aromatic carbocycles. The Morgan fingerprint density at radius 2 is 1.74 bits per heavy atom. The van der Waals surface area contributed by atoms with Gasteiger partial charge in [-0.1, -0.05) is 11.6 Å².